The second-order valence-corrected chi connectivity index (χ2v) is 5.53. The molecule has 0 saturated heterocycles. The molecule has 6 heteroatoms. The minimum absolute atomic E-state index is 0.236. The Morgan fingerprint density at radius 1 is 1.50 bits per heavy atom. The van der Waals surface area contributed by atoms with Crippen LogP contribution in [0.25, 0.3) is 0 Å². The van der Waals surface area contributed by atoms with Crippen molar-refractivity contribution in [3.8, 4) is 5.75 Å². The Balaban J connectivity index is 2.02. The lowest BCUT2D eigenvalue weighted by atomic mass is 10.2. The van der Waals surface area contributed by atoms with Crippen molar-refractivity contribution >= 4 is 34.3 Å². The van der Waals surface area contributed by atoms with E-state index in [2.05, 4.69) is 33.1 Å². The van der Waals surface area contributed by atoms with Gasteiger partial charge in [-0.25, -0.2) is 0 Å². The first-order valence-corrected chi connectivity index (χ1v) is 7.32. The highest BCUT2D eigenvalue weighted by atomic mass is 127. The fourth-order valence-electron chi connectivity index (χ4n) is 1.66. The lowest BCUT2D eigenvalue weighted by Gasteiger charge is -2.16. The third-order valence-corrected chi connectivity index (χ3v) is 3.29. The smallest absolute Gasteiger partial charge is 0.266 e. The Morgan fingerprint density at radius 3 is 2.90 bits per heavy atom. The maximum atomic E-state index is 12.1. The van der Waals surface area contributed by atoms with Crippen LogP contribution in [0.5, 0.6) is 5.75 Å². The summed E-state index contributed by atoms with van der Waals surface area (Å²) in [4.78, 5) is 12.1. The van der Waals surface area contributed by atoms with Crippen molar-refractivity contribution in [2.24, 2.45) is 0 Å². The average molecular weight is 386 g/mol. The normalized spacial score (nSPS) is 11.9. The van der Waals surface area contributed by atoms with Gasteiger partial charge in [-0.1, -0.05) is 18.1 Å². The van der Waals surface area contributed by atoms with Crippen LogP contribution in [0, 0.1) is 10.5 Å². The summed E-state index contributed by atoms with van der Waals surface area (Å²) in [5.41, 5.74) is 0. The number of aromatic nitrogens is 1. The molecule has 1 aromatic carbocycles. The van der Waals surface area contributed by atoms with Crippen LogP contribution in [0.2, 0.25) is 0 Å². The SMILES string of the molecule is CC[C@@H](Oc1cccc(I)c1)C(=O)Nc1cc(C)on1. The van der Waals surface area contributed by atoms with Gasteiger partial charge < -0.3 is 14.6 Å². The molecule has 0 radical (unpaired) electrons. The highest BCUT2D eigenvalue weighted by Crippen LogP contribution is 2.18. The molecule has 0 aliphatic carbocycles. The van der Waals surface area contributed by atoms with Gasteiger partial charge in [0.15, 0.2) is 11.9 Å². The molecular weight excluding hydrogens is 371 g/mol. The lowest BCUT2D eigenvalue weighted by molar-refractivity contribution is -0.122. The Hall–Kier alpha value is -1.57. The molecule has 0 saturated carbocycles. The molecule has 1 heterocycles. The first kappa shape index (κ1) is 14.8. The average Bonchev–Trinajstić information content (AvgIpc) is 2.81. The molecule has 0 aliphatic rings. The molecule has 0 aliphatic heterocycles. The van der Waals surface area contributed by atoms with Crippen LogP contribution < -0.4 is 10.1 Å². The summed E-state index contributed by atoms with van der Waals surface area (Å²) in [7, 11) is 0. The zero-order valence-electron chi connectivity index (χ0n) is 11.2. The van der Waals surface area contributed by atoms with Crippen molar-refractivity contribution in [2.75, 3.05) is 5.32 Å². The summed E-state index contributed by atoms with van der Waals surface area (Å²) in [5, 5.41) is 6.41. The summed E-state index contributed by atoms with van der Waals surface area (Å²) in [6.07, 6.45) is -0.000993. The molecule has 1 atom stereocenters. The number of ether oxygens (including phenoxy) is 1. The quantitative estimate of drug-likeness (QED) is 0.801. The predicted octanol–water partition coefficient (Wildman–Crippen LogP) is 3.38. The zero-order chi connectivity index (χ0) is 14.5. The Labute approximate surface area is 130 Å². The number of nitrogens with one attached hydrogen (secondary N) is 1. The molecule has 1 aromatic heterocycles. The molecule has 20 heavy (non-hydrogen) atoms. The Morgan fingerprint density at radius 2 is 2.30 bits per heavy atom. The standard InChI is InChI=1S/C14H15IN2O3/c1-3-12(19-11-6-4-5-10(15)8-11)14(18)16-13-7-9(2)20-17-13/h4-8,12H,3H2,1-2H3,(H,16,17,18)/t12-/m1/s1. The van der Waals surface area contributed by atoms with Gasteiger partial charge in [0.05, 0.1) is 0 Å². The fraction of sp³-hybridized carbons (Fsp3) is 0.286. The number of rotatable bonds is 5. The van der Waals surface area contributed by atoms with Gasteiger partial charge >= 0.3 is 0 Å². The minimum Gasteiger partial charge on any atom is -0.481 e. The van der Waals surface area contributed by atoms with Crippen molar-refractivity contribution in [3.05, 3.63) is 39.7 Å². The summed E-state index contributed by atoms with van der Waals surface area (Å²) in [6.45, 7) is 3.66. The maximum Gasteiger partial charge on any atom is 0.266 e. The van der Waals surface area contributed by atoms with Gasteiger partial charge in [-0.3, -0.25) is 4.79 Å². The molecule has 0 fully saturated rings. The number of benzene rings is 1. The highest BCUT2D eigenvalue weighted by molar-refractivity contribution is 14.1. The van der Waals surface area contributed by atoms with E-state index in [9.17, 15) is 4.79 Å². The van der Waals surface area contributed by atoms with E-state index >= 15 is 0 Å². The van der Waals surface area contributed by atoms with Gasteiger partial charge in [0.2, 0.25) is 0 Å². The van der Waals surface area contributed by atoms with Gasteiger partial charge in [0.25, 0.3) is 5.91 Å². The van der Waals surface area contributed by atoms with Gasteiger partial charge in [0, 0.05) is 9.64 Å². The Kier molecular flexibility index (Phi) is 4.99. The number of aryl methyl sites for hydroxylation is 1. The number of amides is 1. The van der Waals surface area contributed by atoms with Crippen LogP contribution >= 0.6 is 22.6 Å². The number of hydrogen-bond donors (Lipinski definition) is 1. The molecule has 106 valence electrons. The molecule has 1 amide bonds. The van der Waals surface area contributed by atoms with Crippen molar-refractivity contribution in [1.29, 1.82) is 0 Å². The number of carbonyl (C=O) groups is 1. The zero-order valence-corrected chi connectivity index (χ0v) is 13.4. The van der Waals surface area contributed by atoms with Crippen LogP contribution in [0.4, 0.5) is 5.82 Å². The summed E-state index contributed by atoms with van der Waals surface area (Å²) < 4.78 is 11.7. The lowest BCUT2D eigenvalue weighted by Crippen LogP contribution is -2.32. The van der Waals surface area contributed by atoms with Crippen molar-refractivity contribution in [3.63, 3.8) is 0 Å². The second kappa shape index (κ2) is 6.74. The first-order valence-electron chi connectivity index (χ1n) is 6.25. The topological polar surface area (TPSA) is 64.4 Å². The third-order valence-electron chi connectivity index (χ3n) is 2.62. The number of anilines is 1. The van der Waals surface area contributed by atoms with Crippen molar-refractivity contribution in [2.45, 2.75) is 26.4 Å². The molecule has 2 aromatic rings. The summed E-state index contributed by atoms with van der Waals surface area (Å²) >= 11 is 2.20. The summed E-state index contributed by atoms with van der Waals surface area (Å²) in [5.74, 6) is 1.49. The number of carbonyl (C=O) groups excluding carboxylic acids is 1. The van der Waals surface area contributed by atoms with Gasteiger partial charge in [-0.15, -0.1) is 0 Å². The van der Waals surface area contributed by atoms with E-state index in [1.807, 2.05) is 31.2 Å². The number of nitrogens with zero attached hydrogens (tertiary/aromatic N) is 1. The van der Waals surface area contributed by atoms with Crippen molar-refractivity contribution < 1.29 is 14.1 Å². The van der Waals surface area contributed by atoms with E-state index in [1.54, 1.807) is 13.0 Å². The first-order chi connectivity index (χ1) is 9.58. The molecular formula is C14H15IN2O3. The molecule has 2 rings (SSSR count). The van der Waals surface area contributed by atoms with E-state index in [1.165, 1.54) is 0 Å². The molecule has 5 nitrogen and oxygen atoms in total. The minimum atomic E-state index is -0.565. The predicted molar refractivity (Wildman–Crippen MR) is 83.7 cm³/mol. The van der Waals surface area contributed by atoms with Gasteiger partial charge in [0.1, 0.15) is 11.5 Å². The van der Waals surface area contributed by atoms with Crippen LogP contribution in [-0.2, 0) is 4.79 Å². The van der Waals surface area contributed by atoms with E-state index in [0.717, 1.165) is 3.57 Å². The molecule has 0 unspecified atom stereocenters. The molecule has 0 bridgehead atoms. The van der Waals surface area contributed by atoms with E-state index < -0.39 is 6.10 Å². The van der Waals surface area contributed by atoms with Crippen LogP contribution in [0.15, 0.2) is 34.9 Å². The van der Waals surface area contributed by atoms with E-state index in [0.29, 0.717) is 23.7 Å². The maximum absolute atomic E-state index is 12.1. The number of hydrogen-bond acceptors (Lipinski definition) is 4. The number of halogens is 1. The van der Waals surface area contributed by atoms with E-state index in [-0.39, 0.29) is 5.91 Å². The summed E-state index contributed by atoms with van der Waals surface area (Å²) in [6, 6.07) is 9.24. The van der Waals surface area contributed by atoms with E-state index in [4.69, 9.17) is 9.26 Å². The third kappa shape index (κ3) is 3.96. The molecule has 1 N–H and O–H groups in total. The van der Waals surface area contributed by atoms with Crippen LogP contribution in [-0.4, -0.2) is 17.2 Å². The largest absolute Gasteiger partial charge is 0.481 e. The van der Waals surface area contributed by atoms with Crippen molar-refractivity contribution in [1.82, 2.24) is 5.16 Å². The Bertz CT molecular complexity index is 598. The monoisotopic (exact) mass is 386 g/mol. The van der Waals surface area contributed by atoms with Gasteiger partial charge in [-0.2, -0.15) is 0 Å². The highest BCUT2D eigenvalue weighted by Gasteiger charge is 2.19. The van der Waals surface area contributed by atoms with Crippen LogP contribution in [0.1, 0.15) is 19.1 Å². The fourth-order valence-corrected chi connectivity index (χ4v) is 2.17. The van der Waals surface area contributed by atoms with Crippen LogP contribution in [0.3, 0.4) is 0 Å². The second-order valence-electron chi connectivity index (χ2n) is 4.28. The van der Waals surface area contributed by atoms with Gasteiger partial charge in [-0.05, 0) is 54.1 Å². The molecule has 0 spiro atoms.